The molecule has 1 unspecified atom stereocenters. The zero-order chi connectivity index (χ0) is 13.7. The molecule has 100 valence electrons. The van der Waals surface area contributed by atoms with E-state index in [0.717, 1.165) is 11.4 Å². The second kappa shape index (κ2) is 5.90. The molecule has 6 heteroatoms. The summed E-state index contributed by atoms with van der Waals surface area (Å²) < 4.78 is 1.71. The van der Waals surface area contributed by atoms with E-state index in [0.29, 0.717) is 6.54 Å². The fraction of sp³-hybridized carbons (Fsp3) is 0.231. The van der Waals surface area contributed by atoms with Crippen LogP contribution in [-0.4, -0.2) is 27.4 Å². The van der Waals surface area contributed by atoms with Gasteiger partial charge in [-0.25, -0.2) is 0 Å². The highest BCUT2D eigenvalue weighted by molar-refractivity contribution is 5.87. The van der Waals surface area contributed by atoms with Gasteiger partial charge < -0.3 is 16.3 Å². The monoisotopic (exact) mass is 259 g/mol. The van der Waals surface area contributed by atoms with Crippen LogP contribution in [0.15, 0.2) is 47.8 Å². The molecule has 0 saturated heterocycles. The third-order valence-electron chi connectivity index (χ3n) is 2.88. The molecule has 1 heterocycles. The predicted molar refractivity (Wildman–Crippen MR) is 74.3 cm³/mol. The Bertz CT molecular complexity index is 549. The lowest BCUT2D eigenvalue weighted by Crippen LogP contribution is -2.28. The topological polar surface area (TPSA) is 88.5 Å². The minimum absolute atomic E-state index is 0.176. The smallest absolute Gasteiger partial charge is 0.148 e. The molecule has 2 rings (SSSR count). The summed E-state index contributed by atoms with van der Waals surface area (Å²) in [7, 11) is 1.85. The van der Waals surface area contributed by atoms with Crippen molar-refractivity contribution in [2.45, 2.75) is 5.92 Å². The molecule has 1 aromatic carbocycles. The predicted octanol–water partition coefficient (Wildman–Crippen LogP) is 1.36. The molecule has 0 spiro atoms. The maximum atomic E-state index is 8.88. The van der Waals surface area contributed by atoms with E-state index < -0.39 is 0 Å². The van der Waals surface area contributed by atoms with Gasteiger partial charge in [0.25, 0.3) is 0 Å². The van der Waals surface area contributed by atoms with Gasteiger partial charge >= 0.3 is 0 Å². The normalized spacial score (nSPS) is 13.2. The Morgan fingerprint density at radius 1 is 1.42 bits per heavy atom. The molecule has 0 saturated carbocycles. The molecule has 1 aromatic heterocycles. The fourth-order valence-electron chi connectivity index (χ4n) is 1.86. The highest BCUT2D eigenvalue weighted by Gasteiger charge is 2.16. The first-order valence-electron chi connectivity index (χ1n) is 5.96. The van der Waals surface area contributed by atoms with Crippen molar-refractivity contribution in [2.75, 3.05) is 11.9 Å². The number of nitrogens with zero attached hydrogens (tertiary/aromatic N) is 3. The number of aryl methyl sites for hydroxylation is 1. The average molecular weight is 259 g/mol. The summed E-state index contributed by atoms with van der Waals surface area (Å²) in [5.74, 6) is 0.733. The number of anilines is 1. The Morgan fingerprint density at radius 2 is 2.16 bits per heavy atom. The number of benzene rings is 1. The van der Waals surface area contributed by atoms with Crippen molar-refractivity contribution in [2.24, 2.45) is 17.9 Å². The third kappa shape index (κ3) is 3.25. The Hall–Kier alpha value is -2.50. The van der Waals surface area contributed by atoms with Gasteiger partial charge in [-0.1, -0.05) is 35.5 Å². The SMILES string of the molecule is Cn1ccc(NCC(C(N)=NO)c2ccccc2)n1. The first kappa shape index (κ1) is 12.9. The van der Waals surface area contributed by atoms with Crippen LogP contribution in [0.2, 0.25) is 0 Å². The van der Waals surface area contributed by atoms with Gasteiger partial charge in [0.05, 0.1) is 5.92 Å². The van der Waals surface area contributed by atoms with Crippen LogP contribution in [0.5, 0.6) is 0 Å². The minimum atomic E-state index is -0.201. The molecule has 0 aliphatic heterocycles. The lowest BCUT2D eigenvalue weighted by Gasteiger charge is -2.16. The first-order valence-corrected chi connectivity index (χ1v) is 5.96. The van der Waals surface area contributed by atoms with Crippen molar-refractivity contribution >= 4 is 11.7 Å². The second-order valence-electron chi connectivity index (χ2n) is 4.24. The molecule has 2 aromatic rings. The summed E-state index contributed by atoms with van der Waals surface area (Å²) >= 11 is 0. The van der Waals surface area contributed by atoms with E-state index in [2.05, 4.69) is 15.6 Å². The Balaban J connectivity index is 2.11. The summed E-state index contributed by atoms with van der Waals surface area (Å²) in [6.07, 6.45) is 1.85. The van der Waals surface area contributed by atoms with E-state index in [1.165, 1.54) is 0 Å². The van der Waals surface area contributed by atoms with E-state index in [-0.39, 0.29) is 11.8 Å². The molecule has 19 heavy (non-hydrogen) atoms. The van der Waals surface area contributed by atoms with E-state index in [1.54, 1.807) is 4.68 Å². The largest absolute Gasteiger partial charge is 0.409 e. The number of hydrogen-bond acceptors (Lipinski definition) is 4. The second-order valence-corrected chi connectivity index (χ2v) is 4.24. The molecule has 0 bridgehead atoms. The van der Waals surface area contributed by atoms with Crippen molar-refractivity contribution in [3.8, 4) is 0 Å². The first-order chi connectivity index (χ1) is 9.20. The van der Waals surface area contributed by atoms with Gasteiger partial charge in [-0.3, -0.25) is 4.68 Å². The third-order valence-corrected chi connectivity index (χ3v) is 2.88. The molecule has 0 aliphatic rings. The highest BCUT2D eigenvalue weighted by atomic mass is 16.4. The van der Waals surface area contributed by atoms with Crippen LogP contribution in [0.25, 0.3) is 0 Å². The number of hydrogen-bond donors (Lipinski definition) is 3. The molecular weight excluding hydrogens is 242 g/mol. The van der Waals surface area contributed by atoms with Crippen LogP contribution < -0.4 is 11.1 Å². The van der Waals surface area contributed by atoms with Gasteiger partial charge in [-0.2, -0.15) is 5.10 Å². The summed E-state index contributed by atoms with van der Waals surface area (Å²) in [4.78, 5) is 0. The van der Waals surface area contributed by atoms with Gasteiger partial charge in [0.2, 0.25) is 0 Å². The standard InChI is InChI=1S/C13H17N5O/c1-18-8-7-12(16-18)15-9-11(13(14)17-19)10-5-3-2-4-6-10/h2-8,11,19H,9H2,1H3,(H2,14,17)(H,15,16). The van der Waals surface area contributed by atoms with Crippen molar-refractivity contribution in [3.05, 3.63) is 48.2 Å². The Morgan fingerprint density at radius 3 is 2.74 bits per heavy atom. The van der Waals surface area contributed by atoms with Crippen LogP contribution in [0, 0.1) is 0 Å². The molecule has 4 N–H and O–H groups in total. The lowest BCUT2D eigenvalue weighted by molar-refractivity contribution is 0.316. The quantitative estimate of drug-likeness (QED) is 0.327. The van der Waals surface area contributed by atoms with Gasteiger partial charge in [0, 0.05) is 25.9 Å². The fourth-order valence-corrected chi connectivity index (χ4v) is 1.86. The minimum Gasteiger partial charge on any atom is -0.409 e. The zero-order valence-corrected chi connectivity index (χ0v) is 10.7. The van der Waals surface area contributed by atoms with E-state index in [4.69, 9.17) is 10.9 Å². The van der Waals surface area contributed by atoms with Crippen molar-refractivity contribution in [1.29, 1.82) is 0 Å². The summed E-state index contributed by atoms with van der Waals surface area (Å²) in [6.45, 7) is 0.511. The van der Waals surface area contributed by atoms with Gasteiger partial charge in [0.15, 0.2) is 0 Å². The summed E-state index contributed by atoms with van der Waals surface area (Å²) in [5, 5.41) is 19.4. The highest BCUT2D eigenvalue weighted by Crippen LogP contribution is 2.16. The number of nitrogens with two attached hydrogens (primary N) is 1. The van der Waals surface area contributed by atoms with Crippen LogP contribution in [0.4, 0.5) is 5.82 Å². The van der Waals surface area contributed by atoms with Crippen molar-refractivity contribution in [1.82, 2.24) is 9.78 Å². The van der Waals surface area contributed by atoms with Crippen LogP contribution in [-0.2, 0) is 7.05 Å². The van der Waals surface area contributed by atoms with Gasteiger partial charge in [0.1, 0.15) is 11.7 Å². The molecule has 1 atom stereocenters. The van der Waals surface area contributed by atoms with Crippen LogP contribution in [0.1, 0.15) is 11.5 Å². The van der Waals surface area contributed by atoms with E-state index >= 15 is 0 Å². The molecular formula is C13H17N5O. The molecule has 0 radical (unpaired) electrons. The number of rotatable bonds is 5. The molecule has 0 aliphatic carbocycles. The number of nitrogens with one attached hydrogen (secondary N) is 1. The summed E-state index contributed by atoms with van der Waals surface area (Å²) in [6, 6.07) is 11.5. The number of amidine groups is 1. The zero-order valence-electron chi connectivity index (χ0n) is 10.7. The molecule has 0 amide bonds. The van der Waals surface area contributed by atoms with E-state index in [1.807, 2.05) is 49.6 Å². The average Bonchev–Trinajstić information content (AvgIpc) is 2.85. The Labute approximate surface area is 111 Å². The lowest BCUT2D eigenvalue weighted by atomic mass is 9.98. The van der Waals surface area contributed by atoms with Crippen molar-refractivity contribution in [3.63, 3.8) is 0 Å². The maximum absolute atomic E-state index is 8.88. The number of oxime groups is 1. The van der Waals surface area contributed by atoms with Crippen LogP contribution >= 0.6 is 0 Å². The van der Waals surface area contributed by atoms with Crippen molar-refractivity contribution < 1.29 is 5.21 Å². The maximum Gasteiger partial charge on any atom is 0.148 e. The van der Waals surface area contributed by atoms with Gasteiger partial charge in [-0.05, 0) is 5.56 Å². The number of aromatic nitrogens is 2. The van der Waals surface area contributed by atoms with E-state index in [9.17, 15) is 0 Å². The summed E-state index contributed by atoms with van der Waals surface area (Å²) in [5.41, 5.74) is 6.74. The molecule has 0 fully saturated rings. The van der Waals surface area contributed by atoms with Gasteiger partial charge in [-0.15, -0.1) is 0 Å². The van der Waals surface area contributed by atoms with Crippen LogP contribution in [0.3, 0.4) is 0 Å². The molecule has 6 nitrogen and oxygen atoms in total. The Kier molecular flexibility index (Phi) is 4.02.